The minimum atomic E-state index is -0.274. The predicted molar refractivity (Wildman–Crippen MR) is 116 cm³/mol. The maximum absolute atomic E-state index is 12.6. The average Bonchev–Trinajstić information content (AvgIpc) is 2.77. The molecule has 5 atom stereocenters. The van der Waals surface area contributed by atoms with Crippen molar-refractivity contribution >= 4 is 5.97 Å². The minimum Gasteiger partial charge on any atom is -0.497 e. The summed E-state index contributed by atoms with van der Waals surface area (Å²) >= 11 is 0. The zero-order chi connectivity index (χ0) is 21.3. The molecule has 1 aliphatic heterocycles. The summed E-state index contributed by atoms with van der Waals surface area (Å²) in [6, 6.07) is 17.3. The van der Waals surface area contributed by atoms with Gasteiger partial charge in [-0.3, -0.25) is 0 Å². The second-order valence-electron chi connectivity index (χ2n) is 8.69. The monoisotopic (exact) mass is 406 g/mol. The van der Waals surface area contributed by atoms with E-state index < -0.39 is 0 Å². The molecule has 0 spiro atoms. The highest BCUT2D eigenvalue weighted by atomic mass is 16.5. The molecule has 0 amide bonds. The molecule has 4 nitrogen and oxygen atoms in total. The highest BCUT2D eigenvalue weighted by Gasteiger charge is 2.54. The maximum Gasteiger partial charge on any atom is 0.338 e. The molecule has 2 aliphatic rings. The van der Waals surface area contributed by atoms with Crippen molar-refractivity contribution in [2.24, 2.45) is 23.2 Å². The Hall–Kier alpha value is -2.59. The van der Waals surface area contributed by atoms with E-state index in [9.17, 15) is 4.79 Å². The summed E-state index contributed by atoms with van der Waals surface area (Å²) in [5.41, 5.74) is 2.86. The van der Waals surface area contributed by atoms with Crippen LogP contribution in [0.1, 0.15) is 42.8 Å². The van der Waals surface area contributed by atoms with Crippen molar-refractivity contribution < 1.29 is 19.0 Å². The lowest BCUT2D eigenvalue weighted by Gasteiger charge is -2.55. The second kappa shape index (κ2) is 8.27. The van der Waals surface area contributed by atoms with E-state index in [0.717, 1.165) is 11.3 Å². The Morgan fingerprint density at radius 3 is 2.47 bits per heavy atom. The quantitative estimate of drug-likeness (QED) is 0.489. The van der Waals surface area contributed by atoms with Crippen LogP contribution >= 0.6 is 0 Å². The highest BCUT2D eigenvalue weighted by Crippen LogP contribution is 2.56. The fourth-order valence-corrected chi connectivity index (χ4v) is 5.21. The molecule has 0 aromatic heterocycles. The third-order valence-electron chi connectivity index (χ3n) is 7.17. The average molecular weight is 407 g/mol. The van der Waals surface area contributed by atoms with Crippen LogP contribution in [-0.2, 0) is 9.47 Å². The Morgan fingerprint density at radius 1 is 1.10 bits per heavy atom. The number of carbonyl (C=O) groups is 1. The zero-order valence-corrected chi connectivity index (χ0v) is 18.1. The molecule has 30 heavy (non-hydrogen) atoms. The van der Waals surface area contributed by atoms with Crippen molar-refractivity contribution in [1.82, 2.24) is 0 Å². The molecule has 0 radical (unpaired) electrons. The van der Waals surface area contributed by atoms with Crippen LogP contribution in [0.15, 0.2) is 66.2 Å². The molecule has 1 fully saturated rings. The van der Waals surface area contributed by atoms with Gasteiger partial charge in [-0.15, -0.1) is 0 Å². The van der Waals surface area contributed by atoms with Crippen molar-refractivity contribution in [2.75, 3.05) is 20.3 Å². The van der Waals surface area contributed by atoms with Crippen LogP contribution in [-0.4, -0.2) is 26.3 Å². The maximum atomic E-state index is 12.6. The lowest BCUT2D eigenvalue weighted by Crippen LogP contribution is -2.54. The Kier molecular flexibility index (Phi) is 5.70. The Morgan fingerprint density at radius 2 is 1.80 bits per heavy atom. The summed E-state index contributed by atoms with van der Waals surface area (Å²) in [5, 5.41) is 0. The van der Waals surface area contributed by atoms with Gasteiger partial charge in [0.1, 0.15) is 12.4 Å². The predicted octanol–water partition coefficient (Wildman–Crippen LogP) is 5.46. The van der Waals surface area contributed by atoms with Gasteiger partial charge < -0.3 is 14.2 Å². The molecule has 2 aromatic rings. The fourth-order valence-electron chi connectivity index (χ4n) is 5.21. The van der Waals surface area contributed by atoms with Crippen LogP contribution in [0.2, 0.25) is 0 Å². The van der Waals surface area contributed by atoms with Gasteiger partial charge >= 0.3 is 5.97 Å². The van der Waals surface area contributed by atoms with Gasteiger partial charge in [0.15, 0.2) is 0 Å². The number of carbonyl (C=O) groups excluding carboxylic acids is 1. The van der Waals surface area contributed by atoms with E-state index in [1.807, 2.05) is 30.3 Å². The van der Waals surface area contributed by atoms with Gasteiger partial charge in [0.2, 0.25) is 0 Å². The normalized spacial score (nSPS) is 30.3. The van der Waals surface area contributed by atoms with Gasteiger partial charge in [0, 0.05) is 11.3 Å². The molecule has 1 saturated heterocycles. The first-order chi connectivity index (χ1) is 14.5. The fraction of sp³-hybridized carbons (Fsp3) is 0.423. The van der Waals surface area contributed by atoms with Crippen LogP contribution in [0.25, 0.3) is 0 Å². The number of esters is 1. The number of fused-ring (bicyclic) bond motifs is 2. The third kappa shape index (κ3) is 3.54. The van der Waals surface area contributed by atoms with E-state index >= 15 is 0 Å². The van der Waals surface area contributed by atoms with E-state index in [1.165, 1.54) is 5.57 Å². The van der Waals surface area contributed by atoms with Crippen LogP contribution in [0.5, 0.6) is 5.75 Å². The molecule has 2 aromatic carbocycles. The van der Waals surface area contributed by atoms with Crippen molar-refractivity contribution in [1.29, 1.82) is 0 Å². The first-order valence-electron chi connectivity index (χ1n) is 10.6. The Labute approximate surface area is 178 Å². The molecule has 0 saturated carbocycles. The summed E-state index contributed by atoms with van der Waals surface area (Å²) in [5.74, 6) is 1.41. The molecule has 0 N–H and O–H groups in total. The summed E-state index contributed by atoms with van der Waals surface area (Å²) in [7, 11) is 1.68. The molecule has 4 heteroatoms. The van der Waals surface area contributed by atoms with Crippen molar-refractivity contribution in [2.45, 2.75) is 26.9 Å². The second-order valence-corrected chi connectivity index (χ2v) is 8.69. The smallest absolute Gasteiger partial charge is 0.338 e. The molecule has 1 aliphatic carbocycles. The number of allylic oxidation sites excluding steroid dienone is 1. The lowest BCUT2D eigenvalue weighted by molar-refractivity contribution is -0.166. The van der Waals surface area contributed by atoms with Crippen molar-refractivity contribution in [3.8, 4) is 5.75 Å². The summed E-state index contributed by atoms with van der Waals surface area (Å²) < 4.78 is 17.6. The number of methoxy groups -OCH3 is 1. The van der Waals surface area contributed by atoms with Crippen molar-refractivity contribution in [3.05, 3.63) is 77.4 Å². The largest absolute Gasteiger partial charge is 0.497 e. The standard InChI is InChI=1S/C26H30O4/c1-17-14-18(2)26(16-30-25(27)21-8-6-5-7-9-21)15-29-24(23(17)19(26)3)20-10-12-22(28-4)13-11-20/h5-14,18-19,23-24H,15-16H2,1-4H3/t18-,19+,23-,24-,26+/m0/s1. The molecule has 2 bridgehead atoms. The van der Waals surface area contributed by atoms with Gasteiger partial charge in [0.25, 0.3) is 0 Å². The highest BCUT2D eigenvalue weighted by molar-refractivity contribution is 5.89. The van der Waals surface area contributed by atoms with Crippen LogP contribution in [0.3, 0.4) is 0 Å². The van der Waals surface area contributed by atoms with E-state index in [2.05, 4.69) is 39.0 Å². The first kappa shape index (κ1) is 20.7. The van der Waals surface area contributed by atoms with Gasteiger partial charge in [0.05, 0.1) is 25.4 Å². The van der Waals surface area contributed by atoms with Gasteiger partial charge in [-0.25, -0.2) is 4.79 Å². The van der Waals surface area contributed by atoms with Crippen LogP contribution in [0, 0.1) is 23.2 Å². The van der Waals surface area contributed by atoms with E-state index in [1.54, 1.807) is 19.2 Å². The number of hydrogen-bond donors (Lipinski definition) is 0. The van der Waals surface area contributed by atoms with Gasteiger partial charge in [-0.2, -0.15) is 0 Å². The number of benzene rings is 2. The Bertz CT molecular complexity index is 918. The number of ether oxygens (including phenoxy) is 3. The molecule has 158 valence electrons. The van der Waals surface area contributed by atoms with E-state index in [-0.39, 0.29) is 29.3 Å². The third-order valence-corrected chi connectivity index (χ3v) is 7.17. The number of rotatable bonds is 5. The topological polar surface area (TPSA) is 44.8 Å². The molecule has 4 rings (SSSR count). The lowest BCUT2D eigenvalue weighted by atomic mass is 9.56. The molecular formula is C26H30O4. The SMILES string of the molecule is COc1ccc([C@@H]2OC[C@]3(COC(=O)c4ccccc4)[C@H](C)[C@@H]2C(C)=C[C@@H]3C)cc1. The molecule has 0 unspecified atom stereocenters. The number of hydrogen-bond acceptors (Lipinski definition) is 4. The summed E-state index contributed by atoms with van der Waals surface area (Å²) in [6.07, 6.45) is 2.34. The van der Waals surface area contributed by atoms with Gasteiger partial charge in [-0.05, 0) is 48.6 Å². The summed E-state index contributed by atoms with van der Waals surface area (Å²) in [4.78, 5) is 12.6. The van der Waals surface area contributed by atoms with Gasteiger partial charge in [-0.1, -0.05) is 55.8 Å². The van der Waals surface area contributed by atoms with E-state index in [0.29, 0.717) is 24.7 Å². The summed E-state index contributed by atoms with van der Waals surface area (Å²) in [6.45, 7) is 7.62. The Balaban J connectivity index is 1.57. The van der Waals surface area contributed by atoms with Crippen molar-refractivity contribution in [3.63, 3.8) is 0 Å². The van der Waals surface area contributed by atoms with Crippen LogP contribution < -0.4 is 4.74 Å². The van der Waals surface area contributed by atoms with E-state index in [4.69, 9.17) is 14.2 Å². The first-order valence-corrected chi connectivity index (χ1v) is 10.6. The molecule has 1 heterocycles. The minimum absolute atomic E-state index is 0.00685. The zero-order valence-electron chi connectivity index (χ0n) is 18.1. The van der Waals surface area contributed by atoms with Crippen LogP contribution in [0.4, 0.5) is 0 Å². The molecular weight excluding hydrogens is 376 g/mol.